The van der Waals surface area contributed by atoms with Gasteiger partial charge in [-0.1, -0.05) is 15.9 Å². The molecule has 0 N–H and O–H groups in total. The fourth-order valence-electron chi connectivity index (χ4n) is 1.04. The minimum absolute atomic E-state index is 0.120. The Morgan fingerprint density at radius 3 is 2.18 bits per heavy atom. The number of methoxy groups -OCH3 is 1. The Bertz CT molecular complexity index is 419. The maximum atomic E-state index is 11.7. The molecule has 0 aromatic carbocycles. The maximum absolute atomic E-state index is 11.7. The highest BCUT2D eigenvalue weighted by atomic mass is 79.9. The van der Waals surface area contributed by atoms with Crippen LogP contribution in [0.5, 0.6) is 0 Å². The zero-order valence-electron chi connectivity index (χ0n) is 10.1. The topological polar surface area (TPSA) is 80.8 Å². The maximum Gasteiger partial charge on any atom is 0.214 e. The smallest absolute Gasteiger partial charge is 0.214 e. The molecule has 0 aliphatic carbocycles. The fourth-order valence-corrected chi connectivity index (χ4v) is 4.70. The molecule has 1 atom stereocenters. The summed E-state index contributed by atoms with van der Waals surface area (Å²) in [4.78, 5) is -0.120. The molecule has 104 valence electrons. The van der Waals surface area contributed by atoms with Gasteiger partial charge in [-0.2, -0.15) is 0 Å². The summed E-state index contributed by atoms with van der Waals surface area (Å²) >= 11 is 3.27. The molecule has 0 heterocycles. The van der Waals surface area contributed by atoms with Crippen molar-refractivity contribution in [2.24, 2.45) is 0 Å². The predicted molar refractivity (Wildman–Crippen MR) is 70.7 cm³/mol. The quantitative estimate of drug-likeness (QED) is 0.561. The van der Waals surface area contributed by atoms with Crippen molar-refractivity contribution in [3.63, 3.8) is 0 Å². The summed E-state index contributed by atoms with van der Waals surface area (Å²) in [6.07, 6.45) is 1.01. The Hall–Kier alpha value is 0.300. The first-order chi connectivity index (χ1) is 7.58. The van der Waals surface area contributed by atoms with Crippen LogP contribution in [0.25, 0.3) is 0 Å². The summed E-state index contributed by atoms with van der Waals surface area (Å²) in [5.41, 5.74) is 0. The van der Waals surface area contributed by atoms with Gasteiger partial charge in [-0.3, -0.25) is 0 Å². The molecule has 6 nitrogen and oxygen atoms in total. The average Bonchev–Trinajstić information content (AvgIpc) is 2.14. The second kappa shape index (κ2) is 7.03. The van der Waals surface area contributed by atoms with Gasteiger partial charge >= 0.3 is 0 Å². The molecule has 0 aliphatic heterocycles. The summed E-state index contributed by atoms with van der Waals surface area (Å²) in [5.74, 6) is -0.758. The van der Waals surface area contributed by atoms with Crippen molar-refractivity contribution in [1.29, 1.82) is 0 Å². The van der Waals surface area contributed by atoms with Gasteiger partial charge < -0.3 is 4.74 Å². The minimum atomic E-state index is -3.54. The third-order valence-corrected chi connectivity index (χ3v) is 5.57. The van der Waals surface area contributed by atoms with Crippen LogP contribution in [-0.4, -0.2) is 71.0 Å². The van der Waals surface area contributed by atoms with E-state index in [-0.39, 0.29) is 17.1 Å². The lowest BCUT2D eigenvalue weighted by molar-refractivity contribution is 0.195. The molecule has 0 fully saturated rings. The normalized spacial score (nSPS) is 15.1. The summed E-state index contributed by atoms with van der Waals surface area (Å²) in [5, 5.41) is 0. The van der Waals surface area contributed by atoms with E-state index in [0.29, 0.717) is 6.61 Å². The average molecular weight is 352 g/mol. The first-order valence-corrected chi connectivity index (χ1v) is 9.42. The van der Waals surface area contributed by atoms with E-state index < -0.39 is 25.6 Å². The number of hydrogen-bond donors (Lipinski definition) is 0. The highest BCUT2D eigenvalue weighted by Crippen LogP contribution is 2.07. The van der Waals surface area contributed by atoms with Gasteiger partial charge in [0.25, 0.3) is 0 Å². The lowest BCUT2D eigenvalue weighted by Crippen LogP contribution is -2.36. The van der Waals surface area contributed by atoms with Crippen LogP contribution in [0.15, 0.2) is 0 Å². The summed E-state index contributed by atoms with van der Waals surface area (Å²) in [6.45, 7) is 0.617. The van der Waals surface area contributed by atoms with Gasteiger partial charge in [-0.05, 0) is 0 Å². The number of sulfone groups is 1. The molecule has 0 spiro atoms. The second-order valence-corrected chi connectivity index (χ2v) is 9.53. The van der Waals surface area contributed by atoms with E-state index in [0.717, 1.165) is 10.6 Å². The van der Waals surface area contributed by atoms with Gasteiger partial charge in [0.1, 0.15) is 9.84 Å². The number of sulfonamides is 1. The first kappa shape index (κ1) is 17.3. The zero-order valence-corrected chi connectivity index (χ0v) is 13.3. The van der Waals surface area contributed by atoms with Gasteiger partial charge in [0.15, 0.2) is 0 Å². The van der Waals surface area contributed by atoms with Gasteiger partial charge in [0, 0.05) is 27.0 Å². The summed E-state index contributed by atoms with van der Waals surface area (Å²) < 4.78 is 51.3. The molecule has 0 saturated heterocycles. The van der Waals surface area contributed by atoms with Crippen molar-refractivity contribution in [1.82, 2.24) is 4.31 Å². The van der Waals surface area contributed by atoms with Crippen LogP contribution < -0.4 is 0 Å². The SMILES string of the molecule is COCC(Br)CN(C)S(=O)(=O)CCS(C)(=O)=O. The number of nitrogens with zero attached hydrogens (tertiary/aromatic N) is 1. The number of hydrogen-bond acceptors (Lipinski definition) is 5. The highest BCUT2D eigenvalue weighted by molar-refractivity contribution is 9.09. The zero-order chi connectivity index (χ0) is 13.7. The number of alkyl halides is 1. The Morgan fingerprint density at radius 1 is 1.24 bits per heavy atom. The molecule has 17 heavy (non-hydrogen) atoms. The third-order valence-electron chi connectivity index (χ3n) is 1.99. The third kappa shape index (κ3) is 8.09. The molecule has 0 radical (unpaired) electrons. The van der Waals surface area contributed by atoms with Gasteiger partial charge in [0.2, 0.25) is 10.0 Å². The Labute approximate surface area is 111 Å². The van der Waals surface area contributed by atoms with Crippen LogP contribution in [0.2, 0.25) is 0 Å². The summed E-state index contributed by atoms with van der Waals surface area (Å²) in [7, 11) is -3.87. The number of halogens is 1. The van der Waals surface area contributed by atoms with E-state index in [1.54, 1.807) is 0 Å². The van der Waals surface area contributed by atoms with Gasteiger partial charge in [0.05, 0.1) is 22.9 Å². The Balaban J connectivity index is 4.40. The molecule has 0 aromatic rings. The van der Waals surface area contributed by atoms with Crippen LogP contribution in [-0.2, 0) is 24.6 Å². The molecule has 0 aliphatic rings. The molecular weight excluding hydrogens is 334 g/mol. The van der Waals surface area contributed by atoms with Gasteiger partial charge in [-0.25, -0.2) is 21.1 Å². The Morgan fingerprint density at radius 2 is 1.76 bits per heavy atom. The van der Waals surface area contributed by atoms with Crippen molar-refractivity contribution in [2.75, 3.05) is 45.1 Å². The van der Waals surface area contributed by atoms with Crippen molar-refractivity contribution in [2.45, 2.75) is 4.83 Å². The highest BCUT2D eigenvalue weighted by Gasteiger charge is 2.22. The van der Waals surface area contributed by atoms with Crippen molar-refractivity contribution >= 4 is 35.8 Å². The molecule has 0 rings (SSSR count). The van der Waals surface area contributed by atoms with E-state index in [4.69, 9.17) is 4.74 Å². The monoisotopic (exact) mass is 351 g/mol. The largest absolute Gasteiger partial charge is 0.383 e. The fraction of sp³-hybridized carbons (Fsp3) is 1.00. The van der Waals surface area contributed by atoms with Crippen LogP contribution >= 0.6 is 15.9 Å². The Kier molecular flexibility index (Phi) is 7.15. The molecule has 0 saturated carbocycles. The lowest BCUT2D eigenvalue weighted by atomic mass is 10.4. The van der Waals surface area contributed by atoms with Crippen molar-refractivity contribution in [3.8, 4) is 0 Å². The van der Waals surface area contributed by atoms with Gasteiger partial charge in [-0.15, -0.1) is 0 Å². The summed E-state index contributed by atoms with van der Waals surface area (Å²) in [6, 6.07) is 0. The predicted octanol–water partition coefficient (Wildman–Crippen LogP) is -0.297. The standard InChI is InChI=1S/C8H18BrNO5S2/c1-10(6-8(9)7-15-2)17(13,14)5-4-16(3,11)12/h8H,4-7H2,1-3H3. The molecule has 0 bridgehead atoms. The molecular formula is C8H18BrNO5S2. The molecule has 1 unspecified atom stereocenters. The van der Waals surface area contributed by atoms with Crippen LogP contribution in [0.1, 0.15) is 0 Å². The second-order valence-electron chi connectivity index (χ2n) is 3.78. The van der Waals surface area contributed by atoms with Crippen molar-refractivity contribution < 1.29 is 21.6 Å². The number of rotatable bonds is 8. The van der Waals surface area contributed by atoms with E-state index >= 15 is 0 Å². The van der Waals surface area contributed by atoms with Crippen LogP contribution in [0.4, 0.5) is 0 Å². The van der Waals surface area contributed by atoms with Crippen LogP contribution in [0, 0.1) is 0 Å². The van der Waals surface area contributed by atoms with E-state index in [1.807, 2.05) is 0 Å². The molecule has 0 aromatic heterocycles. The van der Waals surface area contributed by atoms with Crippen LogP contribution in [0.3, 0.4) is 0 Å². The molecule has 9 heteroatoms. The van der Waals surface area contributed by atoms with E-state index in [2.05, 4.69) is 15.9 Å². The first-order valence-electron chi connectivity index (χ1n) is 4.83. The lowest BCUT2D eigenvalue weighted by Gasteiger charge is -2.19. The van der Waals surface area contributed by atoms with E-state index in [1.165, 1.54) is 14.2 Å². The minimum Gasteiger partial charge on any atom is -0.383 e. The van der Waals surface area contributed by atoms with E-state index in [9.17, 15) is 16.8 Å². The van der Waals surface area contributed by atoms with Crippen molar-refractivity contribution in [3.05, 3.63) is 0 Å². The molecule has 0 amide bonds. The number of ether oxygens (including phenoxy) is 1.